The van der Waals surface area contributed by atoms with Crippen LogP contribution >= 0.6 is 0 Å². The van der Waals surface area contributed by atoms with Gasteiger partial charge < -0.3 is 15.5 Å². The second-order valence-electron chi connectivity index (χ2n) is 5.98. The number of piperidine rings is 1. The molecule has 3 amide bonds. The number of carbonyl (C=O) groups is 3. The molecule has 1 aliphatic rings. The third kappa shape index (κ3) is 6.01. The van der Waals surface area contributed by atoms with Crippen LogP contribution in [0.5, 0.6) is 0 Å². The van der Waals surface area contributed by atoms with Crippen molar-refractivity contribution in [1.82, 2.24) is 20.5 Å². The number of nitrogens with zero attached hydrogens (tertiary/aromatic N) is 2. The SMILES string of the molecule is O=C(NCC1CCN(C(=O)c2ccncc2)CC1)C(=O)NCC(F)(F)F. The van der Waals surface area contributed by atoms with E-state index in [4.69, 9.17) is 0 Å². The zero-order valence-corrected chi connectivity index (χ0v) is 13.9. The quantitative estimate of drug-likeness (QED) is 0.763. The van der Waals surface area contributed by atoms with E-state index in [2.05, 4.69) is 10.3 Å². The first-order valence-electron chi connectivity index (χ1n) is 8.08. The van der Waals surface area contributed by atoms with Gasteiger partial charge in [-0.1, -0.05) is 0 Å². The Kier molecular flexibility index (Phi) is 6.53. The van der Waals surface area contributed by atoms with E-state index < -0.39 is 24.5 Å². The van der Waals surface area contributed by atoms with Gasteiger partial charge >= 0.3 is 18.0 Å². The molecule has 0 atom stereocenters. The lowest BCUT2D eigenvalue weighted by Crippen LogP contribution is -2.46. The third-order valence-electron chi connectivity index (χ3n) is 4.04. The summed E-state index contributed by atoms with van der Waals surface area (Å²) in [7, 11) is 0. The van der Waals surface area contributed by atoms with Crippen molar-refractivity contribution < 1.29 is 27.6 Å². The molecule has 10 heteroatoms. The Labute approximate surface area is 148 Å². The fraction of sp³-hybridized carbons (Fsp3) is 0.500. The van der Waals surface area contributed by atoms with Crippen molar-refractivity contribution in [2.75, 3.05) is 26.2 Å². The molecule has 0 saturated carbocycles. The standard InChI is InChI=1S/C16H19F3N4O3/c17-16(18,19)10-22-14(25)13(24)21-9-11-3-7-23(8-4-11)15(26)12-1-5-20-6-2-12/h1-2,5-6,11H,3-4,7-10H2,(H,21,24)(H,22,25). The summed E-state index contributed by atoms with van der Waals surface area (Å²) in [5.41, 5.74) is 0.549. The highest BCUT2D eigenvalue weighted by Gasteiger charge is 2.29. The van der Waals surface area contributed by atoms with Crippen molar-refractivity contribution in [3.8, 4) is 0 Å². The van der Waals surface area contributed by atoms with Crippen LogP contribution in [0, 0.1) is 5.92 Å². The summed E-state index contributed by atoms with van der Waals surface area (Å²) in [5, 5.41) is 3.85. The molecule has 1 aromatic heterocycles. The Morgan fingerprint density at radius 2 is 1.65 bits per heavy atom. The number of halogens is 3. The van der Waals surface area contributed by atoms with E-state index in [0.717, 1.165) is 0 Å². The highest BCUT2D eigenvalue weighted by Crippen LogP contribution is 2.18. The van der Waals surface area contributed by atoms with E-state index in [1.54, 1.807) is 29.4 Å². The first kappa shape index (κ1) is 19.7. The minimum absolute atomic E-state index is 0.0517. The lowest BCUT2D eigenvalue weighted by atomic mass is 9.96. The fourth-order valence-corrected chi connectivity index (χ4v) is 2.60. The number of carbonyl (C=O) groups excluding carboxylic acids is 3. The molecule has 2 rings (SSSR count). The van der Waals surface area contributed by atoms with Crippen LogP contribution < -0.4 is 10.6 Å². The van der Waals surface area contributed by atoms with Crippen molar-refractivity contribution in [1.29, 1.82) is 0 Å². The summed E-state index contributed by atoms with van der Waals surface area (Å²) < 4.78 is 36.0. The number of alkyl halides is 3. The molecule has 0 unspecified atom stereocenters. The van der Waals surface area contributed by atoms with Crippen LogP contribution in [0.25, 0.3) is 0 Å². The van der Waals surface area contributed by atoms with Crippen molar-refractivity contribution in [2.24, 2.45) is 5.92 Å². The van der Waals surface area contributed by atoms with E-state index in [1.165, 1.54) is 5.32 Å². The van der Waals surface area contributed by atoms with Crippen molar-refractivity contribution >= 4 is 17.7 Å². The molecule has 0 aromatic carbocycles. The molecular weight excluding hydrogens is 353 g/mol. The summed E-state index contributed by atoms with van der Waals surface area (Å²) in [6.07, 6.45) is -0.231. The zero-order valence-electron chi connectivity index (χ0n) is 13.9. The number of rotatable bonds is 4. The smallest absolute Gasteiger partial charge is 0.348 e. The van der Waals surface area contributed by atoms with E-state index in [0.29, 0.717) is 31.5 Å². The Balaban J connectivity index is 1.71. The zero-order chi connectivity index (χ0) is 19.2. The largest absolute Gasteiger partial charge is 0.405 e. The highest BCUT2D eigenvalue weighted by molar-refractivity contribution is 6.35. The maximum absolute atomic E-state index is 12.3. The summed E-state index contributed by atoms with van der Waals surface area (Å²) in [6.45, 7) is -0.367. The molecule has 0 bridgehead atoms. The second kappa shape index (κ2) is 8.63. The number of pyridine rings is 1. The maximum atomic E-state index is 12.3. The average molecular weight is 372 g/mol. The first-order chi connectivity index (χ1) is 12.3. The summed E-state index contributed by atoms with van der Waals surface area (Å²) in [6, 6.07) is 3.27. The third-order valence-corrected chi connectivity index (χ3v) is 4.04. The predicted molar refractivity (Wildman–Crippen MR) is 84.9 cm³/mol. The van der Waals surface area contributed by atoms with Gasteiger partial charge in [-0.05, 0) is 30.9 Å². The number of nitrogens with one attached hydrogen (secondary N) is 2. The molecule has 2 heterocycles. The van der Waals surface area contributed by atoms with Gasteiger partial charge in [0.1, 0.15) is 6.54 Å². The lowest BCUT2D eigenvalue weighted by Gasteiger charge is -2.32. The van der Waals surface area contributed by atoms with Gasteiger partial charge in [0.15, 0.2) is 0 Å². The van der Waals surface area contributed by atoms with Crippen molar-refractivity contribution in [2.45, 2.75) is 19.0 Å². The van der Waals surface area contributed by atoms with Crippen LogP contribution in [0.15, 0.2) is 24.5 Å². The Bertz CT molecular complexity index is 644. The molecule has 0 spiro atoms. The molecule has 7 nitrogen and oxygen atoms in total. The van der Waals surface area contributed by atoms with Gasteiger partial charge in [-0.25, -0.2) is 0 Å². The monoisotopic (exact) mass is 372 g/mol. The number of amides is 3. The first-order valence-corrected chi connectivity index (χ1v) is 8.08. The van der Waals surface area contributed by atoms with Crippen molar-refractivity contribution in [3.63, 3.8) is 0 Å². The normalized spacial score (nSPS) is 15.4. The van der Waals surface area contributed by atoms with Crippen LogP contribution in [-0.4, -0.2) is 60.0 Å². The molecule has 1 fully saturated rings. The molecule has 0 radical (unpaired) electrons. The molecule has 26 heavy (non-hydrogen) atoms. The topological polar surface area (TPSA) is 91.4 Å². The summed E-state index contributed by atoms with van der Waals surface area (Å²) in [5.74, 6) is -2.45. The maximum Gasteiger partial charge on any atom is 0.405 e. The average Bonchev–Trinajstić information content (AvgIpc) is 2.64. The van der Waals surface area contributed by atoms with Crippen molar-refractivity contribution in [3.05, 3.63) is 30.1 Å². The van der Waals surface area contributed by atoms with Crippen LogP contribution in [0.4, 0.5) is 13.2 Å². The Morgan fingerprint density at radius 3 is 2.23 bits per heavy atom. The second-order valence-corrected chi connectivity index (χ2v) is 5.98. The number of likely N-dealkylation sites (tertiary alicyclic amines) is 1. The molecular formula is C16H19F3N4O3. The molecule has 1 aromatic rings. The Morgan fingerprint density at radius 1 is 1.08 bits per heavy atom. The summed E-state index contributed by atoms with van der Waals surface area (Å²) >= 11 is 0. The molecule has 0 aliphatic carbocycles. The van der Waals surface area contributed by atoms with Crippen LogP contribution in [0.1, 0.15) is 23.2 Å². The number of hydrogen-bond donors (Lipinski definition) is 2. The van der Waals surface area contributed by atoms with E-state index >= 15 is 0 Å². The molecule has 1 saturated heterocycles. The van der Waals surface area contributed by atoms with Gasteiger partial charge in [0.05, 0.1) is 0 Å². The lowest BCUT2D eigenvalue weighted by molar-refractivity contribution is -0.146. The highest BCUT2D eigenvalue weighted by atomic mass is 19.4. The number of hydrogen-bond acceptors (Lipinski definition) is 4. The molecule has 142 valence electrons. The van der Waals surface area contributed by atoms with Gasteiger partial charge in [-0.2, -0.15) is 13.2 Å². The Hall–Kier alpha value is -2.65. The van der Waals surface area contributed by atoms with Crippen LogP contribution in [0.3, 0.4) is 0 Å². The van der Waals surface area contributed by atoms with E-state index in [1.807, 2.05) is 0 Å². The molecule has 1 aliphatic heterocycles. The van der Waals surface area contributed by atoms with Gasteiger partial charge in [0.25, 0.3) is 5.91 Å². The van der Waals surface area contributed by atoms with Gasteiger partial charge in [0.2, 0.25) is 0 Å². The summed E-state index contributed by atoms with van der Waals surface area (Å²) in [4.78, 5) is 40.6. The minimum atomic E-state index is -4.57. The predicted octanol–water partition coefficient (Wildman–Crippen LogP) is 0.728. The number of aromatic nitrogens is 1. The fourth-order valence-electron chi connectivity index (χ4n) is 2.60. The van der Waals surface area contributed by atoms with Crippen LogP contribution in [0.2, 0.25) is 0 Å². The minimum Gasteiger partial charge on any atom is -0.348 e. The van der Waals surface area contributed by atoms with Gasteiger partial charge in [0, 0.05) is 37.6 Å². The van der Waals surface area contributed by atoms with Crippen LogP contribution in [-0.2, 0) is 9.59 Å². The van der Waals surface area contributed by atoms with E-state index in [-0.39, 0.29) is 18.4 Å². The van der Waals surface area contributed by atoms with Gasteiger partial charge in [-0.15, -0.1) is 0 Å². The van der Waals surface area contributed by atoms with E-state index in [9.17, 15) is 27.6 Å². The van der Waals surface area contributed by atoms with Gasteiger partial charge in [-0.3, -0.25) is 19.4 Å². The molecule has 2 N–H and O–H groups in total.